The molecule has 0 saturated carbocycles. The van der Waals surface area contributed by atoms with Crippen molar-refractivity contribution in [3.8, 4) is 10.7 Å². The zero-order valence-electron chi connectivity index (χ0n) is 9.20. The second-order valence-corrected chi connectivity index (χ2v) is 5.23. The Morgan fingerprint density at radius 1 is 1.17 bits per heavy atom. The molecule has 3 N–H and O–H groups in total. The Morgan fingerprint density at radius 2 is 2.11 bits per heavy atom. The lowest BCUT2D eigenvalue weighted by Gasteiger charge is -2.00. The van der Waals surface area contributed by atoms with Gasteiger partial charge in [-0.1, -0.05) is 0 Å². The average molecular weight is 275 g/mol. The minimum absolute atomic E-state index is 0.642. The monoisotopic (exact) mass is 275 g/mol. The van der Waals surface area contributed by atoms with Crippen LogP contribution < -0.4 is 11.1 Å². The van der Waals surface area contributed by atoms with Crippen LogP contribution in [0.5, 0.6) is 0 Å². The molecule has 0 spiro atoms. The van der Waals surface area contributed by atoms with E-state index >= 15 is 0 Å². The Labute approximate surface area is 111 Å². The SMILES string of the molecule is Nc1ccc(Nc2nc(-c3nccs3)cs2)nc1. The number of nitrogen functional groups attached to an aromatic ring is 1. The van der Waals surface area contributed by atoms with Crippen molar-refractivity contribution in [3.05, 3.63) is 35.3 Å². The molecule has 0 fully saturated rings. The van der Waals surface area contributed by atoms with Crippen LogP contribution in [0.3, 0.4) is 0 Å². The molecule has 0 radical (unpaired) electrons. The molecule has 0 amide bonds. The molecule has 0 atom stereocenters. The molecule has 3 heterocycles. The van der Waals surface area contributed by atoms with Crippen LogP contribution in [0.1, 0.15) is 0 Å². The van der Waals surface area contributed by atoms with E-state index in [0.29, 0.717) is 5.69 Å². The molecule has 18 heavy (non-hydrogen) atoms. The van der Waals surface area contributed by atoms with Crippen LogP contribution in [0.25, 0.3) is 10.7 Å². The first kappa shape index (κ1) is 11.1. The van der Waals surface area contributed by atoms with Gasteiger partial charge in [0.2, 0.25) is 0 Å². The van der Waals surface area contributed by atoms with Gasteiger partial charge >= 0.3 is 0 Å². The fourth-order valence-electron chi connectivity index (χ4n) is 1.37. The largest absolute Gasteiger partial charge is 0.397 e. The maximum absolute atomic E-state index is 5.58. The number of aromatic nitrogens is 3. The van der Waals surface area contributed by atoms with E-state index in [1.807, 2.05) is 16.8 Å². The number of thiazole rings is 2. The van der Waals surface area contributed by atoms with Gasteiger partial charge in [0.25, 0.3) is 0 Å². The Hall–Kier alpha value is -1.99. The highest BCUT2D eigenvalue weighted by atomic mass is 32.1. The maximum atomic E-state index is 5.58. The summed E-state index contributed by atoms with van der Waals surface area (Å²) in [4.78, 5) is 12.8. The zero-order valence-corrected chi connectivity index (χ0v) is 10.8. The van der Waals surface area contributed by atoms with Gasteiger partial charge in [0.05, 0.1) is 11.9 Å². The zero-order chi connectivity index (χ0) is 12.4. The Bertz CT molecular complexity index is 630. The lowest BCUT2D eigenvalue weighted by Crippen LogP contribution is -1.94. The van der Waals surface area contributed by atoms with Gasteiger partial charge in [-0.05, 0) is 12.1 Å². The molecule has 0 aromatic carbocycles. The number of nitrogens with two attached hydrogens (primary N) is 1. The van der Waals surface area contributed by atoms with Crippen LogP contribution in [0.2, 0.25) is 0 Å². The fourth-order valence-corrected chi connectivity index (χ4v) is 2.74. The quantitative estimate of drug-likeness (QED) is 0.768. The Morgan fingerprint density at radius 3 is 2.83 bits per heavy atom. The van der Waals surface area contributed by atoms with Crippen LogP contribution in [0.4, 0.5) is 16.6 Å². The number of nitrogens with zero attached hydrogens (tertiary/aromatic N) is 3. The first-order chi connectivity index (χ1) is 8.81. The van der Waals surface area contributed by atoms with Gasteiger partial charge in [0.1, 0.15) is 16.5 Å². The molecule has 3 aromatic rings. The highest BCUT2D eigenvalue weighted by Crippen LogP contribution is 2.27. The van der Waals surface area contributed by atoms with E-state index in [1.165, 1.54) is 11.3 Å². The molecule has 7 heteroatoms. The summed E-state index contributed by atoms with van der Waals surface area (Å²) in [6, 6.07) is 3.62. The first-order valence-corrected chi connectivity index (χ1v) is 6.91. The predicted octanol–water partition coefficient (Wildman–Crippen LogP) is 2.99. The van der Waals surface area contributed by atoms with E-state index < -0.39 is 0 Å². The fraction of sp³-hybridized carbons (Fsp3) is 0. The average Bonchev–Trinajstić information content (AvgIpc) is 3.02. The summed E-state index contributed by atoms with van der Waals surface area (Å²) in [5.41, 5.74) is 7.10. The molecule has 0 saturated heterocycles. The highest BCUT2D eigenvalue weighted by molar-refractivity contribution is 7.15. The lowest BCUT2D eigenvalue weighted by molar-refractivity contribution is 1.28. The van der Waals surface area contributed by atoms with Crippen LogP contribution in [0.15, 0.2) is 35.3 Å². The van der Waals surface area contributed by atoms with Crippen molar-refractivity contribution in [1.82, 2.24) is 15.0 Å². The lowest BCUT2D eigenvalue weighted by atomic mass is 10.4. The van der Waals surface area contributed by atoms with Gasteiger partial charge in [-0.15, -0.1) is 22.7 Å². The number of rotatable bonds is 3. The minimum atomic E-state index is 0.642. The minimum Gasteiger partial charge on any atom is -0.397 e. The van der Waals surface area contributed by atoms with E-state index in [9.17, 15) is 0 Å². The molecule has 0 bridgehead atoms. The van der Waals surface area contributed by atoms with Gasteiger partial charge in [-0.2, -0.15) is 0 Å². The maximum Gasteiger partial charge on any atom is 0.188 e. The van der Waals surface area contributed by atoms with Gasteiger partial charge in [-0.3, -0.25) is 0 Å². The van der Waals surface area contributed by atoms with Crippen LogP contribution in [0, 0.1) is 0 Å². The number of nitrogens with one attached hydrogen (secondary N) is 1. The third-order valence-corrected chi connectivity index (χ3v) is 3.73. The van der Waals surface area contributed by atoms with E-state index in [1.54, 1.807) is 29.8 Å². The smallest absolute Gasteiger partial charge is 0.188 e. The number of anilines is 3. The summed E-state index contributed by atoms with van der Waals surface area (Å²) >= 11 is 3.09. The summed E-state index contributed by atoms with van der Waals surface area (Å²) < 4.78 is 0. The van der Waals surface area contributed by atoms with Gasteiger partial charge in [0.15, 0.2) is 5.13 Å². The van der Waals surface area contributed by atoms with Crippen LogP contribution >= 0.6 is 22.7 Å². The molecular formula is C11H9N5S2. The Kier molecular flexibility index (Phi) is 2.91. The van der Waals surface area contributed by atoms with Crippen molar-refractivity contribution >= 4 is 39.3 Å². The molecule has 3 aromatic heterocycles. The summed E-state index contributed by atoms with van der Waals surface area (Å²) in [6.07, 6.45) is 3.38. The summed E-state index contributed by atoms with van der Waals surface area (Å²) in [5.74, 6) is 0.726. The summed E-state index contributed by atoms with van der Waals surface area (Å²) in [5, 5.41) is 8.75. The topological polar surface area (TPSA) is 76.7 Å². The van der Waals surface area contributed by atoms with E-state index in [-0.39, 0.29) is 0 Å². The molecule has 0 aliphatic heterocycles. The molecular weight excluding hydrogens is 266 g/mol. The number of hydrogen-bond donors (Lipinski definition) is 2. The normalized spacial score (nSPS) is 10.4. The van der Waals surface area contributed by atoms with E-state index in [0.717, 1.165) is 21.7 Å². The van der Waals surface area contributed by atoms with E-state index in [4.69, 9.17) is 5.73 Å². The number of pyridine rings is 1. The summed E-state index contributed by atoms with van der Waals surface area (Å²) in [6.45, 7) is 0. The van der Waals surface area contributed by atoms with Crippen molar-refractivity contribution in [2.45, 2.75) is 0 Å². The highest BCUT2D eigenvalue weighted by Gasteiger charge is 2.06. The molecule has 0 aliphatic carbocycles. The summed E-state index contributed by atoms with van der Waals surface area (Å²) in [7, 11) is 0. The van der Waals surface area contributed by atoms with Crippen molar-refractivity contribution in [2.24, 2.45) is 0 Å². The molecule has 3 rings (SSSR count). The van der Waals surface area contributed by atoms with Gasteiger partial charge < -0.3 is 11.1 Å². The van der Waals surface area contributed by atoms with Crippen molar-refractivity contribution in [1.29, 1.82) is 0 Å². The predicted molar refractivity (Wildman–Crippen MR) is 75.2 cm³/mol. The third kappa shape index (κ3) is 2.31. The van der Waals surface area contributed by atoms with E-state index in [2.05, 4.69) is 20.3 Å². The van der Waals surface area contributed by atoms with Gasteiger partial charge in [-0.25, -0.2) is 15.0 Å². The molecule has 0 aliphatic rings. The van der Waals surface area contributed by atoms with Crippen molar-refractivity contribution in [3.63, 3.8) is 0 Å². The van der Waals surface area contributed by atoms with Crippen molar-refractivity contribution in [2.75, 3.05) is 11.1 Å². The van der Waals surface area contributed by atoms with Crippen LogP contribution in [-0.4, -0.2) is 15.0 Å². The third-order valence-electron chi connectivity index (χ3n) is 2.18. The standard InChI is InChI=1S/C11H9N5S2/c12-7-1-2-9(14-5-7)16-11-15-8(6-18-11)10-13-3-4-17-10/h1-6H,12H2,(H,14,15,16). The second-order valence-electron chi connectivity index (χ2n) is 3.48. The molecule has 5 nitrogen and oxygen atoms in total. The van der Waals surface area contributed by atoms with Gasteiger partial charge in [0, 0.05) is 17.0 Å². The van der Waals surface area contributed by atoms with Crippen molar-refractivity contribution < 1.29 is 0 Å². The number of hydrogen-bond acceptors (Lipinski definition) is 7. The van der Waals surface area contributed by atoms with Crippen LogP contribution in [-0.2, 0) is 0 Å². The Balaban J connectivity index is 1.80. The first-order valence-electron chi connectivity index (χ1n) is 5.15. The molecule has 0 unspecified atom stereocenters. The molecule has 90 valence electrons. The second kappa shape index (κ2) is 4.71.